The van der Waals surface area contributed by atoms with Crippen molar-refractivity contribution in [1.29, 1.82) is 0 Å². The Bertz CT molecular complexity index is 625. The van der Waals surface area contributed by atoms with E-state index >= 15 is 0 Å². The van der Waals surface area contributed by atoms with Gasteiger partial charge >= 0.3 is 5.97 Å². The number of carbonyl (C=O) groups excluding carboxylic acids is 1. The second kappa shape index (κ2) is 8.03. The van der Waals surface area contributed by atoms with Gasteiger partial charge in [0.2, 0.25) is 0 Å². The number of rotatable bonds is 6. The highest BCUT2D eigenvalue weighted by Crippen LogP contribution is 2.15. The maximum Gasteiger partial charge on any atom is 0.337 e. The Balaban J connectivity index is 2.00. The number of methoxy groups -OCH3 is 1. The fourth-order valence-electron chi connectivity index (χ4n) is 1.94. The van der Waals surface area contributed by atoms with Gasteiger partial charge in [-0.25, -0.2) is 4.79 Å². The van der Waals surface area contributed by atoms with E-state index in [0.717, 1.165) is 29.9 Å². The maximum atomic E-state index is 11.4. The molecule has 0 saturated heterocycles. The Kier molecular flexibility index (Phi) is 5.78. The predicted molar refractivity (Wildman–Crippen MR) is 88.9 cm³/mol. The van der Waals surface area contributed by atoms with Gasteiger partial charge in [-0.1, -0.05) is 43.3 Å². The van der Waals surface area contributed by atoms with Crippen LogP contribution in [-0.2, 0) is 4.74 Å². The quantitative estimate of drug-likeness (QED) is 0.584. The van der Waals surface area contributed by atoms with E-state index in [2.05, 4.69) is 11.7 Å². The van der Waals surface area contributed by atoms with Crippen molar-refractivity contribution in [3.05, 3.63) is 65.2 Å². The van der Waals surface area contributed by atoms with Crippen molar-refractivity contribution >= 4 is 18.1 Å². The van der Waals surface area contributed by atoms with Gasteiger partial charge in [0.25, 0.3) is 0 Å². The summed E-state index contributed by atoms with van der Waals surface area (Å²) in [4.78, 5) is 11.4. The lowest BCUT2D eigenvalue weighted by atomic mass is 10.1. The predicted octanol–water partition coefficient (Wildman–Crippen LogP) is 4.43. The Hall–Kier alpha value is -2.55. The molecule has 114 valence electrons. The first-order valence-corrected chi connectivity index (χ1v) is 7.32. The van der Waals surface area contributed by atoms with Crippen LogP contribution >= 0.6 is 0 Å². The molecular weight excluding hydrogens is 276 g/mol. The number of benzene rings is 2. The largest absolute Gasteiger partial charge is 0.494 e. The molecule has 2 aromatic carbocycles. The summed E-state index contributed by atoms with van der Waals surface area (Å²) < 4.78 is 10.2. The SMILES string of the molecule is CCCOc1ccc(/C=C/c2ccc(C(=O)OC)cc2)cc1. The highest BCUT2D eigenvalue weighted by Gasteiger charge is 2.03. The molecule has 0 spiro atoms. The summed E-state index contributed by atoms with van der Waals surface area (Å²) in [7, 11) is 1.38. The molecule has 0 fully saturated rings. The molecule has 0 amide bonds. The number of hydrogen-bond donors (Lipinski definition) is 0. The third-order valence-electron chi connectivity index (χ3n) is 3.15. The number of esters is 1. The summed E-state index contributed by atoms with van der Waals surface area (Å²) in [6.45, 7) is 2.82. The van der Waals surface area contributed by atoms with Crippen LogP contribution < -0.4 is 4.74 Å². The lowest BCUT2D eigenvalue weighted by molar-refractivity contribution is 0.0600. The van der Waals surface area contributed by atoms with E-state index in [1.54, 1.807) is 12.1 Å². The lowest BCUT2D eigenvalue weighted by Crippen LogP contribution is -2.00. The number of hydrogen-bond acceptors (Lipinski definition) is 3. The van der Waals surface area contributed by atoms with Crippen molar-refractivity contribution < 1.29 is 14.3 Å². The molecule has 0 saturated carbocycles. The molecule has 0 aliphatic rings. The molecule has 3 heteroatoms. The lowest BCUT2D eigenvalue weighted by Gasteiger charge is -2.04. The minimum atomic E-state index is -0.321. The highest BCUT2D eigenvalue weighted by atomic mass is 16.5. The third kappa shape index (κ3) is 4.48. The third-order valence-corrected chi connectivity index (χ3v) is 3.15. The summed E-state index contributed by atoms with van der Waals surface area (Å²) >= 11 is 0. The minimum absolute atomic E-state index is 0.321. The van der Waals surface area contributed by atoms with E-state index in [1.807, 2.05) is 48.6 Å². The van der Waals surface area contributed by atoms with Gasteiger partial charge < -0.3 is 9.47 Å². The zero-order valence-electron chi connectivity index (χ0n) is 12.9. The molecule has 0 atom stereocenters. The summed E-state index contributed by atoms with van der Waals surface area (Å²) in [5.74, 6) is 0.569. The standard InChI is InChI=1S/C19H20O3/c1-3-14-22-18-12-8-16(9-13-18)5-4-15-6-10-17(11-7-15)19(20)21-2/h4-13H,3,14H2,1-2H3/b5-4+. The number of ether oxygens (including phenoxy) is 2. The summed E-state index contributed by atoms with van der Waals surface area (Å²) in [5.41, 5.74) is 2.68. The summed E-state index contributed by atoms with van der Waals surface area (Å²) in [6, 6.07) is 15.3. The van der Waals surface area contributed by atoms with Crippen LogP contribution in [0.15, 0.2) is 48.5 Å². The minimum Gasteiger partial charge on any atom is -0.494 e. The van der Waals surface area contributed by atoms with Gasteiger partial charge in [0.05, 0.1) is 19.3 Å². The summed E-state index contributed by atoms with van der Waals surface area (Å²) in [5, 5.41) is 0. The first-order valence-electron chi connectivity index (χ1n) is 7.32. The van der Waals surface area contributed by atoms with E-state index in [-0.39, 0.29) is 5.97 Å². The molecule has 0 aliphatic carbocycles. The second-order valence-corrected chi connectivity index (χ2v) is 4.86. The first kappa shape index (κ1) is 15.8. The molecule has 0 aromatic heterocycles. The Morgan fingerprint density at radius 1 is 0.955 bits per heavy atom. The zero-order chi connectivity index (χ0) is 15.8. The van der Waals surface area contributed by atoms with Crippen molar-refractivity contribution in [2.24, 2.45) is 0 Å². The first-order chi connectivity index (χ1) is 10.7. The van der Waals surface area contributed by atoms with Gasteiger partial charge in [0, 0.05) is 0 Å². The molecule has 0 unspecified atom stereocenters. The maximum absolute atomic E-state index is 11.4. The van der Waals surface area contributed by atoms with E-state index in [4.69, 9.17) is 4.74 Å². The fraction of sp³-hybridized carbons (Fsp3) is 0.211. The zero-order valence-corrected chi connectivity index (χ0v) is 12.9. The fourth-order valence-corrected chi connectivity index (χ4v) is 1.94. The Morgan fingerprint density at radius 3 is 2.00 bits per heavy atom. The second-order valence-electron chi connectivity index (χ2n) is 4.86. The smallest absolute Gasteiger partial charge is 0.337 e. The topological polar surface area (TPSA) is 35.5 Å². The van der Waals surface area contributed by atoms with E-state index in [9.17, 15) is 4.79 Å². The monoisotopic (exact) mass is 296 g/mol. The average Bonchev–Trinajstić information content (AvgIpc) is 2.58. The van der Waals surface area contributed by atoms with Gasteiger partial charge in [-0.3, -0.25) is 0 Å². The molecular formula is C19H20O3. The van der Waals surface area contributed by atoms with Crippen LogP contribution in [0.2, 0.25) is 0 Å². The van der Waals surface area contributed by atoms with E-state index < -0.39 is 0 Å². The van der Waals surface area contributed by atoms with Gasteiger partial charge in [0.1, 0.15) is 5.75 Å². The van der Waals surface area contributed by atoms with Crippen LogP contribution in [0.3, 0.4) is 0 Å². The van der Waals surface area contributed by atoms with E-state index in [0.29, 0.717) is 5.56 Å². The van der Waals surface area contributed by atoms with Crippen molar-refractivity contribution in [3.8, 4) is 5.75 Å². The van der Waals surface area contributed by atoms with Crippen LogP contribution in [0.25, 0.3) is 12.2 Å². The van der Waals surface area contributed by atoms with Crippen molar-refractivity contribution in [1.82, 2.24) is 0 Å². The van der Waals surface area contributed by atoms with Gasteiger partial charge in [-0.15, -0.1) is 0 Å². The van der Waals surface area contributed by atoms with Crippen molar-refractivity contribution in [3.63, 3.8) is 0 Å². The molecule has 0 N–H and O–H groups in total. The van der Waals surface area contributed by atoms with Gasteiger partial charge in [-0.05, 0) is 41.8 Å². The van der Waals surface area contributed by atoms with Crippen LogP contribution in [0, 0.1) is 0 Å². The normalized spacial score (nSPS) is 10.6. The van der Waals surface area contributed by atoms with Crippen molar-refractivity contribution in [2.45, 2.75) is 13.3 Å². The molecule has 2 rings (SSSR count). The Labute approximate surface area is 131 Å². The van der Waals surface area contributed by atoms with Gasteiger partial charge in [0.15, 0.2) is 0 Å². The van der Waals surface area contributed by atoms with Crippen LogP contribution in [0.1, 0.15) is 34.8 Å². The van der Waals surface area contributed by atoms with E-state index in [1.165, 1.54) is 7.11 Å². The molecule has 0 aliphatic heterocycles. The Morgan fingerprint density at radius 2 is 1.50 bits per heavy atom. The molecule has 2 aromatic rings. The van der Waals surface area contributed by atoms with Gasteiger partial charge in [-0.2, -0.15) is 0 Å². The molecule has 3 nitrogen and oxygen atoms in total. The van der Waals surface area contributed by atoms with Crippen LogP contribution in [0.4, 0.5) is 0 Å². The van der Waals surface area contributed by atoms with Crippen LogP contribution in [0.5, 0.6) is 5.75 Å². The molecule has 0 heterocycles. The number of carbonyl (C=O) groups is 1. The molecule has 22 heavy (non-hydrogen) atoms. The molecule has 0 bridgehead atoms. The van der Waals surface area contributed by atoms with Crippen molar-refractivity contribution in [2.75, 3.05) is 13.7 Å². The summed E-state index contributed by atoms with van der Waals surface area (Å²) in [6.07, 6.45) is 5.03. The van der Waals surface area contributed by atoms with Crippen LogP contribution in [-0.4, -0.2) is 19.7 Å². The average molecular weight is 296 g/mol. The molecule has 0 radical (unpaired) electrons. The highest BCUT2D eigenvalue weighted by molar-refractivity contribution is 5.89.